The van der Waals surface area contributed by atoms with Gasteiger partial charge in [0.05, 0.1) is 12.5 Å². The van der Waals surface area contributed by atoms with E-state index >= 15 is 0 Å². The predicted octanol–water partition coefficient (Wildman–Crippen LogP) is 0.600. The minimum Gasteiger partial charge on any atom is -0.466 e. The fraction of sp³-hybridized carbons (Fsp3) is 0.900. The van der Waals surface area contributed by atoms with E-state index in [-0.39, 0.29) is 11.9 Å². The first-order valence-electron chi connectivity index (χ1n) is 5.27. The SMILES string of the molecule is CCCN1CC(C(=O)OCC)CC1O. The van der Waals surface area contributed by atoms with Crippen molar-refractivity contribution in [3.8, 4) is 0 Å². The molecule has 0 aromatic heterocycles. The van der Waals surface area contributed by atoms with Crippen LogP contribution in [0, 0.1) is 5.92 Å². The van der Waals surface area contributed by atoms with Crippen molar-refractivity contribution < 1.29 is 14.6 Å². The second-order valence-corrected chi connectivity index (χ2v) is 3.66. The second-order valence-electron chi connectivity index (χ2n) is 3.66. The van der Waals surface area contributed by atoms with E-state index in [1.54, 1.807) is 6.92 Å². The lowest BCUT2D eigenvalue weighted by Gasteiger charge is -2.18. The highest BCUT2D eigenvalue weighted by molar-refractivity contribution is 5.73. The monoisotopic (exact) mass is 201 g/mol. The van der Waals surface area contributed by atoms with Crippen molar-refractivity contribution in [3.63, 3.8) is 0 Å². The van der Waals surface area contributed by atoms with E-state index in [0.717, 1.165) is 13.0 Å². The van der Waals surface area contributed by atoms with Gasteiger partial charge in [-0.3, -0.25) is 9.69 Å². The lowest BCUT2D eigenvalue weighted by atomic mass is 10.1. The summed E-state index contributed by atoms with van der Waals surface area (Å²) in [6.07, 6.45) is 1.04. The van der Waals surface area contributed by atoms with Crippen LogP contribution < -0.4 is 0 Å². The molecule has 0 radical (unpaired) electrons. The summed E-state index contributed by atoms with van der Waals surface area (Å²) < 4.78 is 4.92. The summed E-state index contributed by atoms with van der Waals surface area (Å²) in [4.78, 5) is 13.3. The Hall–Kier alpha value is -0.610. The topological polar surface area (TPSA) is 49.8 Å². The Kier molecular flexibility index (Phi) is 4.35. The molecule has 1 N–H and O–H groups in total. The number of hydrogen-bond donors (Lipinski definition) is 1. The van der Waals surface area contributed by atoms with Crippen molar-refractivity contribution in [3.05, 3.63) is 0 Å². The van der Waals surface area contributed by atoms with Crippen LogP contribution in [0.2, 0.25) is 0 Å². The quantitative estimate of drug-likeness (QED) is 0.677. The van der Waals surface area contributed by atoms with Gasteiger partial charge in [-0.15, -0.1) is 0 Å². The number of rotatable bonds is 4. The number of aliphatic hydroxyl groups excluding tert-OH is 1. The molecule has 1 heterocycles. The number of nitrogens with zero attached hydrogens (tertiary/aromatic N) is 1. The van der Waals surface area contributed by atoms with Crippen LogP contribution in [-0.2, 0) is 9.53 Å². The Balaban J connectivity index is 2.41. The maximum absolute atomic E-state index is 11.4. The van der Waals surface area contributed by atoms with Crippen LogP contribution in [0.4, 0.5) is 0 Å². The summed E-state index contributed by atoms with van der Waals surface area (Å²) in [5, 5.41) is 9.63. The molecule has 1 rings (SSSR count). The Labute approximate surface area is 84.8 Å². The molecular weight excluding hydrogens is 182 g/mol. The van der Waals surface area contributed by atoms with Crippen molar-refractivity contribution in [1.82, 2.24) is 4.90 Å². The summed E-state index contributed by atoms with van der Waals surface area (Å²) in [7, 11) is 0. The molecule has 0 aromatic rings. The van der Waals surface area contributed by atoms with Crippen LogP contribution in [0.15, 0.2) is 0 Å². The molecule has 82 valence electrons. The van der Waals surface area contributed by atoms with Gasteiger partial charge in [0, 0.05) is 19.5 Å². The van der Waals surface area contributed by atoms with Crippen LogP contribution in [0.3, 0.4) is 0 Å². The van der Waals surface area contributed by atoms with Gasteiger partial charge in [0.1, 0.15) is 6.23 Å². The molecule has 1 fully saturated rings. The molecule has 4 heteroatoms. The van der Waals surface area contributed by atoms with E-state index in [1.807, 2.05) is 4.90 Å². The minimum absolute atomic E-state index is 0.142. The van der Waals surface area contributed by atoms with Crippen LogP contribution in [0.25, 0.3) is 0 Å². The normalized spacial score (nSPS) is 27.9. The molecule has 1 aliphatic rings. The molecule has 1 aliphatic heterocycles. The van der Waals surface area contributed by atoms with Crippen LogP contribution in [0.5, 0.6) is 0 Å². The smallest absolute Gasteiger partial charge is 0.310 e. The zero-order valence-electron chi connectivity index (χ0n) is 8.90. The fourth-order valence-corrected chi connectivity index (χ4v) is 1.84. The van der Waals surface area contributed by atoms with E-state index in [9.17, 15) is 9.90 Å². The Morgan fingerprint density at radius 2 is 2.29 bits per heavy atom. The standard InChI is InChI=1S/C10H19NO3/c1-3-5-11-7-8(6-9(11)12)10(13)14-4-2/h8-9,12H,3-7H2,1-2H3. The molecule has 0 aromatic carbocycles. The summed E-state index contributed by atoms with van der Waals surface area (Å²) in [6.45, 7) is 5.75. The molecule has 0 amide bonds. The zero-order valence-corrected chi connectivity index (χ0v) is 8.90. The lowest BCUT2D eigenvalue weighted by Crippen LogP contribution is -2.30. The summed E-state index contributed by atoms with van der Waals surface area (Å²) in [6, 6.07) is 0. The van der Waals surface area contributed by atoms with Gasteiger partial charge in [-0.25, -0.2) is 0 Å². The molecule has 14 heavy (non-hydrogen) atoms. The molecule has 2 atom stereocenters. The van der Waals surface area contributed by atoms with E-state index in [4.69, 9.17) is 4.74 Å². The van der Waals surface area contributed by atoms with Crippen LogP contribution in [0.1, 0.15) is 26.7 Å². The van der Waals surface area contributed by atoms with Gasteiger partial charge < -0.3 is 9.84 Å². The van der Waals surface area contributed by atoms with Gasteiger partial charge in [0.2, 0.25) is 0 Å². The summed E-state index contributed by atoms with van der Waals surface area (Å²) in [5.41, 5.74) is 0. The number of likely N-dealkylation sites (tertiary alicyclic amines) is 1. The van der Waals surface area contributed by atoms with Gasteiger partial charge in [-0.05, 0) is 13.3 Å². The van der Waals surface area contributed by atoms with Gasteiger partial charge >= 0.3 is 5.97 Å². The Morgan fingerprint density at radius 3 is 2.86 bits per heavy atom. The maximum Gasteiger partial charge on any atom is 0.310 e. The molecule has 0 spiro atoms. The van der Waals surface area contributed by atoms with Crippen LogP contribution in [-0.4, -0.2) is 41.9 Å². The highest BCUT2D eigenvalue weighted by Gasteiger charge is 2.35. The average molecular weight is 201 g/mol. The van der Waals surface area contributed by atoms with Gasteiger partial charge in [-0.1, -0.05) is 6.92 Å². The molecule has 0 saturated carbocycles. The highest BCUT2D eigenvalue weighted by Crippen LogP contribution is 2.22. The lowest BCUT2D eigenvalue weighted by molar-refractivity contribution is -0.147. The van der Waals surface area contributed by atoms with Crippen molar-refractivity contribution in [2.24, 2.45) is 5.92 Å². The Bertz CT molecular complexity index is 196. The molecule has 1 saturated heterocycles. The third-order valence-electron chi connectivity index (χ3n) is 2.50. The van der Waals surface area contributed by atoms with E-state index in [0.29, 0.717) is 19.6 Å². The van der Waals surface area contributed by atoms with Crippen molar-refractivity contribution in [1.29, 1.82) is 0 Å². The number of esters is 1. The third kappa shape index (κ3) is 2.69. The first-order chi connectivity index (χ1) is 6.69. The van der Waals surface area contributed by atoms with Crippen LogP contribution >= 0.6 is 0 Å². The predicted molar refractivity (Wildman–Crippen MR) is 52.6 cm³/mol. The Morgan fingerprint density at radius 1 is 1.57 bits per heavy atom. The average Bonchev–Trinajstić information content (AvgIpc) is 2.49. The molecule has 4 nitrogen and oxygen atoms in total. The number of carbonyl (C=O) groups excluding carboxylic acids is 1. The molecular formula is C10H19NO3. The number of ether oxygens (including phenoxy) is 1. The van der Waals surface area contributed by atoms with Gasteiger partial charge in [0.25, 0.3) is 0 Å². The summed E-state index contributed by atoms with van der Waals surface area (Å²) >= 11 is 0. The maximum atomic E-state index is 11.4. The third-order valence-corrected chi connectivity index (χ3v) is 2.50. The first kappa shape index (κ1) is 11.5. The number of carbonyl (C=O) groups is 1. The van der Waals surface area contributed by atoms with E-state index in [2.05, 4.69) is 6.92 Å². The molecule has 0 aliphatic carbocycles. The minimum atomic E-state index is -0.468. The molecule has 2 unspecified atom stereocenters. The highest BCUT2D eigenvalue weighted by atomic mass is 16.5. The second kappa shape index (κ2) is 5.32. The fourth-order valence-electron chi connectivity index (χ4n) is 1.84. The van der Waals surface area contributed by atoms with Crippen molar-refractivity contribution in [2.45, 2.75) is 32.9 Å². The van der Waals surface area contributed by atoms with Gasteiger partial charge in [0.15, 0.2) is 0 Å². The zero-order chi connectivity index (χ0) is 10.6. The van der Waals surface area contributed by atoms with Crippen molar-refractivity contribution in [2.75, 3.05) is 19.7 Å². The molecule has 0 bridgehead atoms. The first-order valence-corrected chi connectivity index (χ1v) is 5.27. The largest absolute Gasteiger partial charge is 0.466 e. The van der Waals surface area contributed by atoms with Gasteiger partial charge in [-0.2, -0.15) is 0 Å². The van der Waals surface area contributed by atoms with Crippen molar-refractivity contribution >= 4 is 5.97 Å². The van der Waals surface area contributed by atoms with E-state index in [1.165, 1.54) is 0 Å². The number of hydrogen-bond acceptors (Lipinski definition) is 4. The number of aliphatic hydroxyl groups is 1. The van der Waals surface area contributed by atoms with E-state index < -0.39 is 6.23 Å². The summed E-state index contributed by atoms with van der Waals surface area (Å²) in [5.74, 6) is -0.318.